The first kappa shape index (κ1) is 15.0. The first-order chi connectivity index (χ1) is 8.19. The van der Waals surface area contributed by atoms with Crippen molar-refractivity contribution < 1.29 is 4.39 Å². The van der Waals surface area contributed by atoms with Crippen molar-refractivity contribution >= 4 is 27.7 Å². The van der Waals surface area contributed by atoms with Crippen molar-refractivity contribution in [2.24, 2.45) is 0 Å². The molecule has 0 amide bonds. The number of halogens is 2. The molecule has 1 N–H and O–H groups in total. The third kappa shape index (κ3) is 4.98. The molecule has 0 fully saturated rings. The van der Waals surface area contributed by atoms with E-state index in [9.17, 15) is 4.39 Å². The largest absolute Gasteiger partial charge is 0.309 e. The van der Waals surface area contributed by atoms with Gasteiger partial charge in [-0.15, -0.1) is 0 Å². The van der Waals surface area contributed by atoms with Crippen LogP contribution >= 0.6 is 27.7 Å². The smallest absolute Gasteiger partial charge is 0.128 e. The summed E-state index contributed by atoms with van der Waals surface area (Å²) in [4.78, 5) is 0. The van der Waals surface area contributed by atoms with Crippen molar-refractivity contribution in [3.05, 3.63) is 34.1 Å². The molecular weight excluding hydrogens is 301 g/mol. The minimum atomic E-state index is -0.126. The van der Waals surface area contributed by atoms with Crippen LogP contribution in [0.25, 0.3) is 0 Å². The summed E-state index contributed by atoms with van der Waals surface area (Å²) >= 11 is 5.23. The van der Waals surface area contributed by atoms with Crippen LogP contribution in [0.2, 0.25) is 0 Å². The molecule has 96 valence electrons. The molecule has 0 aromatic heterocycles. The van der Waals surface area contributed by atoms with Crippen LogP contribution in [-0.4, -0.2) is 18.1 Å². The van der Waals surface area contributed by atoms with Gasteiger partial charge < -0.3 is 5.32 Å². The highest BCUT2D eigenvalue weighted by atomic mass is 79.9. The molecule has 0 aliphatic heterocycles. The predicted molar refractivity (Wildman–Crippen MR) is 78.1 cm³/mol. The Bertz CT molecular complexity index is 338. The van der Waals surface area contributed by atoms with Crippen LogP contribution in [-0.2, 0) is 0 Å². The van der Waals surface area contributed by atoms with Crippen molar-refractivity contribution in [1.82, 2.24) is 5.32 Å². The van der Waals surface area contributed by atoms with Gasteiger partial charge in [-0.1, -0.05) is 29.8 Å². The van der Waals surface area contributed by atoms with E-state index in [0.29, 0.717) is 0 Å². The van der Waals surface area contributed by atoms with E-state index in [0.717, 1.165) is 34.5 Å². The van der Waals surface area contributed by atoms with E-state index < -0.39 is 0 Å². The lowest BCUT2D eigenvalue weighted by Gasteiger charge is -2.19. The second-order valence-electron chi connectivity index (χ2n) is 3.83. The fraction of sp³-hybridized carbons (Fsp3) is 0.538. The van der Waals surface area contributed by atoms with E-state index in [1.165, 1.54) is 6.07 Å². The first-order valence-electron chi connectivity index (χ1n) is 5.95. The fourth-order valence-electron chi connectivity index (χ4n) is 1.59. The summed E-state index contributed by atoms with van der Waals surface area (Å²) in [6, 6.07) is 5.23. The topological polar surface area (TPSA) is 12.0 Å². The van der Waals surface area contributed by atoms with Crippen molar-refractivity contribution in [2.75, 3.05) is 18.1 Å². The zero-order valence-corrected chi connectivity index (χ0v) is 12.7. The standard InChI is InChI=1S/C13H19BrFNS/c1-3-7-16-13(9-17-4-2)11-8-10(14)5-6-12(11)15/h5-6,8,13,16H,3-4,7,9H2,1-2H3. The van der Waals surface area contributed by atoms with Gasteiger partial charge in [0.1, 0.15) is 5.82 Å². The second kappa shape index (κ2) is 8.11. The van der Waals surface area contributed by atoms with Gasteiger partial charge in [-0.05, 0) is 36.9 Å². The molecule has 0 aliphatic rings. The molecule has 0 radical (unpaired) electrons. The van der Waals surface area contributed by atoms with Crippen LogP contribution in [0.1, 0.15) is 31.9 Å². The zero-order valence-electron chi connectivity index (χ0n) is 10.3. The van der Waals surface area contributed by atoms with Crippen molar-refractivity contribution in [3.63, 3.8) is 0 Å². The minimum Gasteiger partial charge on any atom is -0.309 e. The molecule has 0 heterocycles. The number of nitrogens with one attached hydrogen (secondary N) is 1. The van der Waals surface area contributed by atoms with Crippen LogP contribution in [0.4, 0.5) is 4.39 Å². The Labute approximate surface area is 116 Å². The SMILES string of the molecule is CCCNC(CSCC)c1cc(Br)ccc1F. The number of thioether (sulfide) groups is 1. The second-order valence-corrected chi connectivity index (χ2v) is 6.07. The number of rotatable bonds is 7. The Morgan fingerprint density at radius 1 is 1.41 bits per heavy atom. The molecule has 1 aromatic rings. The number of hydrogen-bond donors (Lipinski definition) is 1. The van der Waals surface area contributed by atoms with Gasteiger partial charge in [0.15, 0.2) is 0 Å². The summed E-state index contributed by atoms with van der Waals surface area (Å²) in [7, 11) is 0. The molecular formula is C13H19BrFNS. The van der Waals surface area contributed by atoms with Gasteiger partial charge in [-0.25, -0.2) is 4.39 Å². The third-order valence-electron chi connectivity index (χ3n) is 2.46. The molecule has 17 heavy (non-hydrogen) atoms. The summed E-state index contributed by atoms with van der Waals surface area (Å²) in [5.74, 6) is 1.84. The van der Waals surface area contributed by atoms with Crippen LogP contribution in [0, 0.1) is 5.82 Å². The highest BCUT2D eigenvalue weighted by molar-refractivity contribution is 9.10. The highest BCUT2D eigenvalue weighted by Crippen LogP contribution is 2.24. The van der Waals surface area contributed by atoms with E-state index in [1.54, 1.807) is 6.07 Å². The van der Waals surface area contributed by atoms with E-state index in [1.807, 2.05) is 17.8 Å². The molecule has 1 unspecified atom stereocenters. The summed E-state index contributed by atoms with van der Waals surface area (Å²) in [5.41, 5.74) is 0.758. The van der Waals surface area contributed by atoms with Gasteiger partial charge in [-0.2, -0.15) is 11.8 Å². The number of benzene rings is 1. The first-order valence-corrected chi connectivity index (χ1v) is 7.89. The lowest BCUT2D eigenvalue weighted by atomic mass is 10.1. The molecule has 1 rings (SSSR count). The maximum absolute atomic E-state index is 13.8. The Kier molecular flexibility index (Phi) is 7.16. The Balaban J connectivity index is 2.82. The van der Waals surface area contributed by atoms with Gasteiger partial charge in [-0.3, -0.25) is 0 Å². The van der Waals surface area contributed by atoms with E-state index in [2.05, 4.69) is 35.1 Å². The average Bonchev–Trinajstić information content (AvgIpc) is 2.33. The molecule has 1 atom stereocenters. The molecule has 0 bridgehead atoms. The van der Waals surface area contributed by atoms with Crippen molar-refractivity contribution in [1.29, 1.82) is 0 Å². The van der Waals surface area contributed by atoms with Crippen LogP contribution < -0.4 is 5.32 Å². The predicted octanol–water partition coefficient (Wildman–Crippen LogP) is 4.38. The summed E-state index contributed by atoms with van der Waals surface area (Å²) in [6.07, 6.45) is 1.06. The highest BCUT2D eigenvalue weighted by Gasteiger charge is 2.15. The normalized spacial score (nSPS) is 12.7. The Morgan fingerprint density at radius 2 is 2.18 bits per heavy atom. The van der Waals surface area contributed by atoms with Crippen LogP contribution in [0.5, 0.6) is 0 Å². The van der Waals surface area contributed by atoms with Gasteiger partial charge in [0.2, 0.25) is 0 Å². The Hall–Kier alpha value is -0.0600. The van der Waals surface area contributed by atoms with Crippen molar-refractivity contribution in [3.8, 4) is 0 Å². The third-order valence-corrected chi connectivity index (χ3v) is 3.93. The monoisotopic (exact) mass is 319 g/mol. The molecule has 1 nitrogen and oxygen atoms in total. The lowest BCUT2D eigenvalue weighted by Crippen LogP contribution is -2.25. The van der Waals surface area contributed by atoms with Gasteiger partial charge in [0, 0.05) is 21.8 Å². The number of hydrogen-bond acceptors (Lipinski definition) is 2. The quantitative estimate of drug-likeness (QED) is 0.800. The van der Waals surface area contributed by atoms with E-state index in [4.69, 9.17) is 0 Å². The molecule has 4 heteroatoms. The molecule has 0 spiro atoms. The average molecular weight is 320 g/mol. The summed E-state index contributed by atoms with van der Waals surface area (Å²) in [6.45, 7) is 5.16. The molecule has 0 saturated heterocycles. The minimum absolute atomic E-state index is 0.0948. The van der Waals surface area contributed by atoms with Crippen molar-refractivity contribution in [2.45, 2.75) is 26.3 Å². The summed E-state index contributed by atoms with van der Waals surface area (Å²) < 4.78 is 14.7. The van der Waals surface area contributed by atoms with E-state index in [-0.39, 0.29) is 11.9 Å². The van der Waals surface area contributed by atoms with Gasteiger partial charge in [0.25, 0.3) is 0 Å². The van der Waals surface area contributed by atoms with E-state index >= 15 is 0 Å². The lowest BCUT2D eigenvalue weighted by molar-refractivity contribution is 0.532. The fourth-order valence-corrected chi connectivity index (χ4v) is 2.74. The van der Waals surface area contributed by atoms with Crippen LogP contribution in [0.3, 0.4) is 0 Å². The molecule has 0 aliphatic carbocycles. The van der Waals surface area contributed by atoms with Gasteiger partial charge >= 0.3 is 0 Å². The maximum Gasteiger partial charge on any atom is 0.128 e. The maximum atomic E-state index is 13.8. The zero-order chi connectivity index (χ0) is 12.7. The summed E-state index contributed by atoms with van der Waals surface area (Å²) in [5, 5.41) is 3.41. The van der Waals surface area contributed by atoms with Crippen LogP contribution in [0.15, 0.2) is 22.7 Å². The van der Waals surface area contributed by atoms with Gasteiger partial charge in [0.05, 0.1) is 0 Å². The Morgan fingerprint density at radius 3 is 2.82 bits per heavy atom. The molecule has 0 saturated carbocycles. The molecule has 1 aromatic carbocycles.